The molecule has 2 aliphatic rings. The van der Waals surface area contributed by atoms with E-state index in [0.29, 0.717) is 5.56 Å². The summed E-state index contributed by atoms with van der Waals surface area (Å²) < 4.78 is 4.73. The van der Waals surface area contributed by atoms with Crippen LogP contribution in [0.25, 0.3) is 66.4 Å². The summed E-state index contributed by atoms with van der Waals surface area (Å²) >= 11 is 1.82. The molecule has 0 bridgehead atoms. The lowest BCUT2D eigenvalue weighted by Crippen LogP contribution is -2.33. The van der Waals surface area contributed by atoms with Crippen LogP contribution >= 0.6 is 11.8 Å². The van der Waals surface area contributed by atoms with E-state index in [-0.39, 0.29) is 0 Å². The Labute approximate surface area is 313 Å². The maximum absolute atomic E-state index is 9.88. The lowest BCUT2D eigenvalue weighted by atomic mass is 9.67. The number of pyridine rings is 3. The van der Waals surface area contributed by atoms with Gasteiger partial charge in [-0.25, -0.2) is 0 Å². The van der Waals surface area contributed by atoms with Crippen molar-refractivity contribution in [2.75, 3.05) is 0 Å². The molecule has 0 N–H and O–H groups in total. The number of rotatable bonds is 2. The first-order valence-corrected chi connectivity index (χ1v) is 18.7. The molecule has 0 radical (unpaired) electrons. The molecule has 6 heterocycles. The highest BCUT2D eigenvalue weighted by Gasteiger charge is 2.53. The van der Waals surface area contributed by atoms with Crippen LogP contribution in [0, 0.1) is 11.3 Å². The van der Waals surface area contributed by atoms with Crippen LogP contribution in [0.3, 0.4) is 0 Å². The Bertz CT molecular complexity index is 3190. The highest BCUT2D eigenvalue weighted by molar-refractivity contribution is 7.99. The number of para-hydroxylation sites is 2. The van der Waals surface area contributed by atoms with Gasteiger partial charge in [0.2, 0.25) is 0 Å². The number of benzene rings is 5. The minimum atomic E-state index is -0.717. The fraction of sp³-hybridized carbons (Fsp3) is 0.0213. The zero-order valence-electron chi connectivity index (χ0n) is 28.6. The molecule has 1 aliphatic carbocycles. The number of hydrogen-bond donors (Lipinski definition) is 0. The molecule has 0 saturated heterocycles. The highest BCUT2D eigenvalue weighted by atomic mass is 32.2. The van der Waals surface area contributed by atoms with Crippen LogP contribution in [0.15, 0.2) is 168 Å². The lowest BCUT2D eigenvalue weighted by Gasteiger charge is -2.41. The Morgan fingerprint density at radius 1 is 0.537 bits per heavy atom. The first-order chi connectivity index (χ1) is 26.8. The predicted octanol–water partition coefficient (Wildman–Crippen LogP) is 10.8. The Morgan fingerprint density at radius 3 is 2.02 bits per heavy atom. The molecule has 1 aliphatic heterocycles. The van der Waals surface area contributed by atoms with Crippen molar-refractivity contribution in [2.45, 2.75) is 15.2 Å². The third kappa shape index (κ3) is 3.67. The van der Waals surface area contributed by atoms with Crippen LogP contribution in [0.1, 0.15) is 27.8 Å². The highest BCUT2D eigenvalue weighted by Crippen LogP contribution is 2.63. The first-order valence-electron chi connectivity index (χ1n) is 17.9. The van der Waals surface area contributed by atoms with E-state index in [1.54, 1.807) is 0 Å². The van der Waals surface area contributed by atoms with Crippen molar-refractivity contribution in [2.24, 2.45) is 0 Å². The second-order valence-electron chi connectivity index (χ2n) is 13.9. The van der Waals surface area contributed by atoms with E-state index in [4.69, 9.17) is 9.97 Å². The molecule has 0 fully saturated rings. The minimum Gasteiger partial charge on any atom is -0.309 e. The molecule has 12 rings (SSSR count). The third-order valence-corrected chi connectivity index (χ3v) is 12.5. The van der Waals surface area contributed by atoms with Gasteiger partial charge >= 0.3 is 0 Å². The van der Waals surface area contributed by atoms with Crippen molar-refractivity contribution in [3.05, 3.63) is 186 Å². The summed E-state index contributed by atoms with van der Waals surface area (Å²) in [4.78, 5) is 16.9. The van der Waals surface area contributed by atoms with Crippen LogP contribution in [0.5, 0.6) is 0 Å². The molecular weight excluding hydrogens is 681 g/mol. The average Bonchev–Trinajstić information content (AvgIpc) is 3.85. The van der Waals surface area contributed by atoms with Gasteiger partial charge in [-0.1, -0.05) is 72.4 Å². The fourth-order valence-electron chi connectivity index (χ4n) is 9.36. The second-order valence-corrected chi connectivity index (χ2v) is 15.0. The van der Waals surface area contributed by atoms with Gasteiger partial charge in [0.05, 0.1) is 62.4 Å². The molecule has 0 unspecified atom stereocenters. The van der Waals surface area contributed by atoms with Gasteiger partial charge in [0.15, 0.2) is 0 Å². The molecule has 250 valence electrons. The number of fused-ring (bicyclic) bond motifs is 15. The number of hydrogen-bond acceptors (Lipinski definition) is 5. The normalized spacial score (nSPS) is 13.6. The summed E-state index contributed by atoms with van der Waals surface area (Å²) in [7, 11) is 0. The van der Waals surface area contributed by atoms with E-state index >= 15 is 0 Å². The molecule has 10 aromatic rings. The van der Waals surface area contributed by atoms with Crippen molar-refractivity contribution in [3.8, 4) is 28.8 Å². The van der Waals surface area contributed by atoms with Gasteiger partial charge in [-0.05, 0) is 89.5 Å². The standard InChI is InChI=1S/C47H26N6S/c48-26-28-16-19-39-33(24-28)31-9-2-4-13-38(31)53(39)40-14-5-15-42-44(40)47(35-10-6-21-50-45(35)46-36(47)11-7-22-51-46)34-18-17-29(25-43(34)54-42)52-37-12-3-1-8-30(37)32-20-23-49-27-41(32)52/h1-25,27H. The maximum Gasteiger partial charge on any atom is 0.0991 e. The van der Waals surface area contributed by atoms with Crippen LogP contribution < -0.4 is 0 Å². The molecule has 0 atom stereocenters. The Kier molecular flexibility index (Phi) is 5.89. The average molecular weight is 707 g/mol. The van der Waals surface area contributed by atoms with Crippen LogP contribution in [-0.4, -0.2) is 24.1 Å². The fourth-order valence-corrected chi connectivity index (χ4v) is 10.6. The Morgan fingerprint density at radius 2 is 1.24 bits per heavy atom. The quantitative estimate of drug-likeness (QED) is 0.179. The van der Waals surface area contributed by atoms with Gasteiger partial charge in [0.1, 0.15) is 0 Å². The van der Waals surface area contributed by atoms with Crippen molar-refractivity contribution in [3.63, 3.8) is 0 Å². The zero-order chi connectivity index (χ0) is 35.5. The van der Waals surface area contributed by atoms with E-state index in [9.17, 15) is 5.26 Å². The first kappa shape index (κ1) is 29.6. The molecule has 54 heavy (non-hydrogen) atoms. The van der Waals surface area contributed by atoms with Crippen molar-refractivity contribution < 1.29 is 0 Å². The third-order valence-electron chi connectivity index (χ3n) is 11.4. The molecular formula is C47H26N6S. The van der Waals surface area contributed by atoms with Gasteiger partial charge in [-0.15, -0.1) is 0 Å². The summed E-state index contributed by atoms with van der Waals surface area (Å²) in [5.74, 6) is 0. The smallest absolute Gasteiger partial charge is 0.0991 e. The van der Waals surface area contributed by atoms with E-state index in [1.807, 2.05) is 48.7 Å². The molecule has 5 aromatic heterocycles. The van der Waals surface area contributed by atoms with E-state index in [2.05, 4.69) is 142 Å². The largest absolute Gasteiger partial charge is 0.309 e. The minimum absolute atomic E-state index is 0.645. The second kappa shape index (κ2) is 10.8. The molecule has 0 saturated carbocycles. The number of nitrogens with zero attached hydrogens (tertiary/aromatic N) is 6. The molecule has 5 aromatic carbocycles. The molecule has 1 spiro atoms. The maximum atomic E-state index is 9.88. The zero-order valence-corrected chi connectivity index (χ0v) is 29.4. The van der Waals surface area contributed by atoms with Crippen LogP contribution in [0.4, 0.5) is 0 Å². The van der Waals surface area contributed by atoms with Crippen LogP contribution in [0.2, 0.25) is 0 Å². The van der Waals surface area contributed by atoms with Gasteiger partial charge < -0.3 is 9.13 Å². The summed E-state index contributed by atoms with van der Waals surface area (Å²) in [6, 6.07) is 49.8. The molecule has 7 heteroatoms. The van der Waals surface area contributed by atoms with Gasteiger partial charge in [0.25, 0.3) is 0 Å². The van der Waals surface area contributed by atoms with E-state index < -0.39 is 5.41 Å². The van der Waals surface area contributed by atoms with Crippen molar-refractivity contribution in [1.29, 1.82) is 5.26 Å². The van der Waals surface area contributed by atoms with Crippen molar-refractivity contribution in [1.82, 2.24) is 24.1 Å². The number of aromatic nitrogens is 5. The summed E-state index contributed by atoms with van der Waals surface area (Å²) in [6.07, 6.45) is 7.59. The van der Waals surface area contributed by atoms with Gasteiger partial charge in [0, 0.05) is 61.2 Å². The summed E-state index contributed by atoms with van der Waals surface area (Å²) in [5.41, 5.74) is 12.9. The molecule has 6 nitrogen and oxygen atoms in total. The monoisotopic (exact) mass is 706 g/mol. The summed E-state index contributed by atoms with van der Waals surface area (Å²) in [5, 5.41) is 14.4. The van der Waals surface area contributed by atoms with Crippen molar-refractivity contribution >= 4 is 55.4 Å². The van der Waals surface area contributed by atoms with Crippen LogP contribution in [-0.2, 0) is 5.41 Å². The van der Waals surface area contributed by atoms with E-state index in [0.717, 1.165) is 66.7 Å². The van der Waals surface area contributed by atoms with Gasteiger partial charge in [-0.3, -0.25) is 15.0 Å². The topological polar surface area (TPSA) is 72.3 Å². The summed E-state index contributed by atoms with van der Waals surface area (Å²) in [6.45, 7) is 0. The Balaban J connectivity index is 1.21. The Hall–Kier alpha value is -7.01. The van der Waals surface area contributed by atoms with E-state index in [1.165, 1.54) is 31.7 Å². The predicted molar refractivity (Wildman–Crippen MR) is 215 cm³/mol. The SMILES string of the molecule is N#Cc1ccc2c(c1)c1ccccc1n2-c1cccc2c1C1(c3ccc(-n4c5ccccc5c5ccncc54)cc3S2)c2cccnc2-c2ncccc21. The molecule has 0 amide bonds. The lowest BCUT2D eigenvalue weighted by molar-refractivity contribution is 0.712. The number of nitriles is 1. The van der Waals surface area contributed by atoms with Gasteiger partial charge in [-0.2, -0.15) is 5.26 Å².